The molecule has 1 saturated heterocycles. The zero-order valence-corrected chi connectivity index (χ0v) is 9.48. The molecule has 0 aliphatic carbocycles. The maximum absolute atomic E-state index is 4.36. The van der Waals surface area contributed by atoms with Crippen LogP contribution in [0.1, 0.15) is 25.1 Å². The molecule has 1 N–H and O–H groups in total. The van der Waals surface area contributed by atoms with Crippen molar-refractivity contribution in [2.75, 3.05) is 20.1 Å². The minimum atomic E-state index is 0.350. The van der Waals surface area contributed by atoms with E-state index in [9.17, 15) is 0 Å². The van der Waals surface area contributed by atoms with E-state index in [1.54, 1.807) is 0 Å². The van der Waals surface area contributed by atoms with E-state index in [1.165, 1.54) is 13.0 Å². The smallest absolute Gasteiger partial charge is 0.0570 e. The summed E-state index contributed by atoms with van der Waals surface area (Å²) in [5, 5.41) is 3.62. The second-order valence-corrected chi connectivity index (χ2v) is 4.39. The first kappa shape index (κ1) is 10.6. The third kappa shape index (κ3) is 2.76. The van der Waals surface area contributed by atoms with Gasteiger partial charge >= 0.3 is 0 Å². The van der Waals surface area contributed by atoms with Crippen molar-refractivity contribution in [2.24, 2.45) is 0 Å². The molecule has 0 aromatic carbocycles. The number of nitrogens with zero attached hydrogens (tertiary/aromatic N) is 2. The summed E-state index contributed by atoms with van der Waals surface area (Å²) in [6.45, 7) is 4.53. The Bertz CT molecular complexity index is 299. The van der Waals surface area contributed by atoms with Gasteiger partial charge in [-0.2, -0.15) is 0 Å². The van der Waals surface area contributed by atoms with Crippen LogP contribution in [0, 0.1) is 0 Å². The van der Waals surface area contributed by atoms with Gasteiger partial charge in [0.25, 0.3) is 0 Å². The van der Waals surface area contributed by atoms with E-state index in [0.29, 0.717) is 12.1 Å². The Morgan fingerprint density at radius 3 is 3.00 bits per heavy atom. The zero-order chi connectivity index (χ0) is 10.7. The lowest BCUT2D eigenvalue weighted by Gasteiger charge is -2.18. The number of aromatic nitrogens is 1. The van der Waals surface area contributed by atoms with Crippen LogP contribution in [0.2, 0.25) is 0 Å². The highest BCUT2D eigenvalue weighted by molar-refractivity contribution is 5.08. The Morgan fingerprint density at radius 1 is 1.53 bits per heavy atom. The van der Waals surface area contributed by atoms with E-state index >= 15 is 0 Å². The molecule has 0 radical (unpaired) electrons. The lowest BCUT2D eigenvalue weighted by Crippen LogP contribution is -2.33. The summed E-state index contributed by atoms with van der Waals surface area (Å²) in [6, 6.07) is 7.05. The van der Waals surface area contributed by atoms with Gasteiger partial charge in [0.15, 0.2) is 0 Å². The third-order valence-corrected chi connectivity index (χ3v) is 3.01. The topological polar surface area (TPSA) is 28.2 Å². The minimum absolute atomic E-state index is 0.350. The van der Waals surface area contributed by atoms with Crippen molar-refractivity contribution in [2.45, 2.75) is 25.4 Å². The molecule has 2 heterocycles. The van der Waals surface area contributed by atoms with Crippen molar-refractivity contribution in [3.63, 3.8) is 0 Å². The van der Waals surface area contributed by atoms with E-state index in [4.69, 9.17) is 0 Å². The van der Waals surface area contributed by atoms with Crippen LogP contribution in [-0.4, -0.2) is 36.1 Å². The van der Waals surface area contributed by atoms with Crippen LogP contribution in [0.25, 0.3) is 0 Å². The van der Waals surface area contributed by atoms with Crippen molar-refractivity contribution in [1.82, 2.24) is 15.2 Å². The van der Waals surface area contributed by atoms with Crippen molar-refractivity contribution < 1.29 is 0 Å². The summed E-state index contributed by atoms with van der Waals surface area (Å²) in [6.07, 6.45) is 3.10. The van der Waals surface area contributed by atoms with Gasteiger partial charge in [0.05, 0.1) is 5.69 Å². The van der Waals surface area contributed by atoms with Crippen molar-refractivity contribution in [3.8, 4) is 0 Å². The van der Waals surface area contributed by atoms with E-state index in [-0.39, 0.29) is 0 Å². The third-order valence-electron chi connectivity index (χ3n) is 3.01. The van der Waals surface area contributed by atoms with Gasteiger partial charge in [-0.15, -0.1) is 0 Å². The Hall–Kier alpha value is -0.930. The monoisotopic (exact) mass is 205 g/mol. The van der Waals surface area contributed by atoms with E-state index < -0.39 is 0 Å². The van der Waals surface area contributed by atoms with Crippen LogP contribution >= 0.6 is 0 Å². The molecule has 0 bridgehead atoms. The molecule has 1 aliphatic rings. The lowest BCUT2D eigenvalue weighted by molar-refractivity contribution is 0.386. The number of nitrogens with one attached hydrogen (secondary N) is 1. The van der Waals surface area contributed by atoms with Crippen molar-refractivity contribution >= 4 is 0 Å². The normalized spacial score (nSPS) is 24.3. The van der Waals surface area contributed by atoms with Crippen LogP contribution in [0.3, 0.4) is 0 Å². The van der Waals surface area contributed by atoms with Crippen molar-refractivity contribution in [3.05, 3.63) is 30.1 Å². The highest BCUT2D eigenvalue weighted by Gasteiger charge is 2.21. The first-order valence-electron chi connectivity index (χ1n) is 5.61. The molecule has 3 heteroatoms. The van der Waals surface area contributed by atoms with Gasteiger partial charge in [-0.3, -0.25) is 4.98 Å². The number of hydrogen-bond acceptors (Lipinski definition) is 3. The molecular weight excluding hydrogens is 186 g/mol. The molecule has 82 valence electrons. The second kappa shape index (κ2) is 4.73. The fourth-order valence-corrected chi connectivity index (χ4v) is 2.14. The number of hydrogen-bond donors (Lipinski definition) is 1. The Labute approximate surface area is 91.5 Å². The second-order valence-electron chi connectivity index (χ2n) is 4.39. The maximum atomic E-state index is 4.36. The highest BCUT2D eigenvalue weighted by Crippen LogP contribution is 2.13. The Balaban J connectivity index is 1.90. The molecular formula is C12H19N3. The van der Waals surface area contributed by atoms with Gasteiger partial charge in [0, 0.05) is 24.8 Å². The fraction of sp³-hybridized carbons (Fsp3) is 0.583. The summed E-state index contributed by atoms with van der Waals surface area (Å²) < 4.78 is 0. The first-order chi connectivity index (χ1) is 7.25. The molecule has 0 amide bonds. The summed E-state index contributed by atoms with van der Waals surface area (Å²) in [5.74, 6) is 0. The average Bonchev–Trinajstić information content (AvgIpc) is 2.65. The summed E-state index contributed by atoms with van der Waals surface area (Å²) in [5.41, 5.74) is 1.13. The van der Waals surface area contributed by atoms with Gasteiger partial charge < -0.3 is 10.2 Å². The fourth-order valence-electron chi connectivity index (χ4n) is 2.14. The average molecular weight is 205 g/mol. The highest BCUT2D eigenvalue weighted by atomic mass is 15.2. The molecule has 15 heavy (non-hydrogen) atoms. The molecule has 1 aromatic heterocycles. The number of rotatable bonds is 3. The SMILES string of the molecule is C[C@H](N[C@@H]1CCN(C)C1)c1ccccn1. The zero-order valence-electron chi connectivity index (χ0n) is 9.48. The molecule has 0 spiro atoms. The molecule has 2 atom stereocenters. The van der Waals surface area contributed by atoms with Gasteiger partial charge in [0.1, 0.15) is 0 Å². The molecule has 2 rings (SSSR count). The van der Waals surface area contributed by atoms with E-state index in [0.717, 1.165) is 12.2 Å². The molecule has 0 unspecified atom stereocenters. The number of likely N-dealkylation sites (tertiary alicyclic amines) is 1. The van der Waals surface area contributed by atoms with Crippen LogP contribution in [0.5, 0.6) is 0 Å². The van der Waals surface area contributed by atoms with Gasteiger partial charge in [-0.1, -0.05) is 6.07 Å². The quantitative estimate of drug-likeness (QED) is 0.809. The van der Waals surface area contributed by atoms with Gasteiger partial charge in [0.2, 0.25) is 0 Å². The van der Waals surface area contributed by atoms with Crippen LogP contribution in [0.15, 0.2) is 24.4 Å². The number of likely N-dealkylation sites (N-methyl/N-ethyl adjacent to an activating group) is 1. The van der Waals surface area contributed by atoms with E-state index in [1.807, 2.05) is 18.3 Å². The van der Waals surface area contributed by atoms with Gasteiger partial charge in [-0.05, 0) is 39.1 Å². The summed E-state index contributed by atoms with van der Waals surface area (Å²) in [7, 11) is 2.17. The van der Waals surface area contributed by atoms with Gasteiger partial charge in [-0.25, -0.2) is 0 Å². The Kier molecular flexibility index (Phi) is 3.34. The van der Waals surface area contributed by atoms with Crippen LogP contribution in [-0.2, 0) is 0 Å². The molecule has 1 aliphatic heterocycles. The van der Waals surface area contributed by atoms with E-state index in [2.05, 4.69) is 35.2 Å². The molecule has 1 aromatic rings. The minimum Gasteiger partial charge on any atom is -0.305 e. The van der Waals surface area contributed by atoms with Crippen LogP contribution in [0.4, 0.5) is 0 Å². The molecule has 0 saturated carbocycles. The lowest BCUT2D eigenvalue weighted by atomic mass is 10.1. The Morgan fingerprint density at radius 2 is 2.40 bits per heavy atom. The summed E-state index contributed by atoms with van der Waals surface area (Å²) in [4.78, 5) is 6.73. The standard InChI is InChI=1S/C12H19N3/c1-10(12-5-3-4-7-13-12)14-11-6-8-15(2)9-11/h3-5,7,10-11,14H,6,8-9H2,1-2H3/t10-,11+/m0/s1. The number of pyridine rings is 1. The predicted octanol–water partition coefficient (Wildman–Crippen LogP) is 1.44. The summed E-state index contributed by atoms with van der Waals surface area (Å²) >= 11 is 0. The predicted molar refractivity (Wildman–Crippen MR) is 61.7 cm³/mol. The molecule has 3 nitrogen and oxygen atoms in total. The maximum Gasteiger partial charge on any atom is 0.0570 e. The molecule has 1 fully saturated rings. The first-order valence-corrected chi connectivity index (χ1v) is 5.61. The largest absolute Gasteiger partial charge is 0.305 e. The van der Waals surface area contributed by atoms with Crippen LogP contribution < -0.4 is 5.32 Å². The van der Waals surface area contributed by atoms with Crippen molar-refractivity contribution in [1.29, 1.82) is 0 Å².